The van der Waals surface area contributed by atoms with E-state index in [0.29, 0.717) is 11.0 Å². The van der Waals surface area contributed by atoms with Gasteiger partial charge < -0.3 is 10.3 Å². The first-order valence-corrected chi connectivity index (χ1v) is 5.61. The standard InChI is InChI=1S/C10H9BrN4O2/c11-9-3-7(1-2-10(9)15(16)17)13-5-8-4-12-6-14-8/h1-4,6,13H,5H2,(H,12,14). The van der Waals surface area contributed by atoms with Gasteiger partial charge in [-0.2, -0.15) is 0 Å². The number of rotatable bonds is 4. The summed E-state index contributed by atoms with van der Waals surface area (Å²) in [5.74, 6) is 0. The Hall–Kier alpha value is -1.89. The molecule has 0 aliphatic rings. The van der Waals surface area contributed by atoms with E-state index in [9.17, 15) is 10.1 Å². The number of imidazole rings is 1. The highest BCUT2D eigenvalue weighted by Gasteiger charge is 2.11. The van der Waals surface area contributed by atoms with Crippen LogP contribution < -0.4 is 5.32 Å². The summed E-state index contributed by atoms with van der Waals surface area (Å²) >= 11 is 3.16. The summed E-state index contributed by atoms with van der Waals surface area (Å²) in [4.78, 5) is 17.0. The van der Waals surface area contributed by atoms with E-state index in [1.807, 2.05) is 0 Å². The van der Waals surface area contributed by atoms with E-state index in [0.717, 1.165) is 11.4 Å². The molecule has 2 rings (SSSR count). The molecular weight excluding hydrogens is 288 g/mol. The number of benzene rings is 1. The van der Waals surface area contributed by atoms with Crippen molar-refractivity contribution in [3.63, 3.8) is 0 Å². The maximum absolute atomic E-state index is 10.6. The maximum Gasteiger partial charge on any atom is 0.283 e. The van der Waals surface area contributed by atoms with E-state index in [1.165, 1.54) is 6.07 Å². The van der Waals surface area contributed by atoms with Crippen LogP contribution >= 0.6 is 15.9 Å². The van der Waals surface area contributed by atoms with Crippen LogP contribution in [-0.4, -0.2) is 14.9 Å². The Kier molecular flexibility index (Phi) is 3.38. The monoisotopic (exact) mass is 296 g/mol. The second-order valence-corrected chi connectivity index (χ2v) is 4.21. The Morgan fingerprint density at radius 3 is 2.94 bits per heavy atom. The van der Waals surface area contributed by atoms with Gasteiger partial charge in [-0.3, -0.25) is 10.1 Å². The number of hydrogen-bond donors (Lipinski definition) is 2. The smallest absolute Gasteiger partial charge is 0.283 e. The van der Waals surface area contributed by atoms with E-state index in [2.05, 4.69) is 31.2 Å². The van der Waals surface area contributed by atoms with Gasteiger partial charge in [0.2, 0.25) is 0 Å². The molecule has 0 fully saturated rings. The molecule has 1 heterocycles. The highest BCUT2D eigenvalue weighted by atomic mass is 79.9. The predicted octanol–water partition coefficient (Wildman–Crippen LogP) is 2.69. The summed E-state index contributed by atoms with van der Waals surface area (Å²) in [5.41, 5.74) is 1.80. The van der Waals surface area contributed by atoms with Crippen molar-refractivity contribution in [2.24, 2.45) is 0 Å². The second-order valence-electron chi connectivity index (χ2n) is 3.35. The molecule has 0 unspecified atom stereocenters. The number of anilines is 1. The normalized spacial score (nSPS) is 10.2. The van der Waals surface area contributed by atoms with E-state index in [-0.39, 0.29) is 5.69 Å². The minimum absolute atomic E-state index is 0.0529. The lowest BCUT2D eigenvalue weighted by Gasteiger charge is -2.05. The number of hydrogen-bond acceptors (Lipinski definition) is 4. The number of nitro groups is 1. The molecular formula is C10H9BrN4O2. The van der Waals surface area contributed by atoms with Crippen LogP contribution in [0.1, 0.15) is 5.69 Å². The third-order valence-electron chi connectivity index (χ3n) is 2.18. The van der Waals surface area contributed by atoms with Crippen molar-refractivity contribution < 1.29 is 4.92 Å². The number of nitrogens with one attached hydrogen (secondary N) is 2. The van der Waals surface area contributed by atoms with E-state index in [1.54, 1.807) is 24.7 Å². The molecule has 0 saturated heterocycles. The van der Waals surface area contributed by atoms with Gasteiger partial charge in [0.05, 0.1) is 28.0 Å². The summed E-state index contributed by atoms with van der Waals surface area (Å²) in [6.45, 7) is 0.588. The van der Waals surface area contributed by atoms with Crippen LogP contribution in [0.15, 0.2) is 35.2 Å². The average molecular weight is 297 g/mol. The first-order chi connectivity index (χ1) is 8.16. The van der Waals surface area contributed by atoms with Crippen LogP contribution in [0.2, 0.25) is 0 Å². The zero-order chi connectivity index (χ0) is 12.3. The molecule has 0 amide bonds. The molecule has 2 N–H and O–H groups in total. The van der Waals surface area contributed by atoms with Gasteiger partial charge in [0.15, 0.2) is 0 Å². The van der Waals surface area contributed by atoms with E-state index in [4.69, 9.17) is 0 Å². The molecule has 0 aliphatic heterocycles. The Labute approximate surface area is 105 Å². The van der Waals surface area contributed by atoms with Crippen molar-refractivity contribution in [2.45, 2.75) is 6.54 Å². The van der Waals surface area contributed by atoms with Gasteiger partial charge in [0.1, 0.15) is 0 Å². The molecule has 7 heteroatoms. The number of aromatic nitrogens is 2. The predicted molar refractivity (Wildman–Crippen MR) is 66.7 cm³/mol. The second kappa shape index (κ2) is 4.96. The highest BCUT2D eigenvalue weighted by Crippen LogP contribution is 2.27. The molecule has 0 radical (unpaired) electrons. The Morgan fingerprint density at radius 1 is 1.53 bits per heavy atom. The Bertz CT molecular complexity index is 527. The minimum Gasteiger partial charge on any atom is -0.379 e. The molecule has 1 aromatic carbocycles. The molecule has 0 bridgehead atoms. The highest BCUT2D eigenvalue weighted by molar-refractivity contribution is 9.10. The summed E-state index contributed by atoms with van der Waals surface area (Å²) in [5, 5.41) is 13.7. The fourth-order valence-corrected chi connectivity index (χ4v) is 1.87. The minimum atomic E-state index is -0.428. The molecule has 17 heavy (non-hydrogen) atoms. The number of H-pyrrole nitrogens is 1. The summed E-state index contributed by atoms with van der Waals surface area (Å²) < 4.78 is 0.456. The van der Waals surface area contributed by atoms with E-state index < -0.39 is 4.92 Å². The van der Waals surface area contributed by atoms with Crippen LogP contribution in [-0.2, 0) is 6.54 Å². The molecule has 0 aliphatic carbocycles. The third kappa shape index (κ3) is 2.82. The van der Waals surface area contributed by atoms with Gasteiger partial charge in [-0.1, -0.05) is 0 Å². The fourth-order valence-electron chi connectivity index (χ4n) is 1.34. The van der Waals surface area contributed by atoms with Crippen molar-refractivity contribution in [3.05, 3.63) is 51.0 Å². The van der Waals surface area contributed by atoms with Crippen molar-refractivity contribution in [1.29, 1.82) is 0 Å². The fraction of sp³-hybridized carbons (Fsp3) is 0.100. The zero-order valence-corrected chi connectivity index (χ0v) is 10.3. The first kappa shape index (κ1) is 11.6. The van der Waals surface area contributed by atoms with Crippen LogP contribution in [0.5, 0.6) is 0 Å². The van der Waals surface area contributed by atoms with Crippen molar-refractivity contribution in [2.75, 3.05) is 5.32 Å². The zero-order valence-electron chi connectivity index (χ0n) is 8.68. The van der Waals surface area contributed by atoms with Gasteiger partial charge in [-0.25, -0.2) is 4.98 Å². The third-order valence-corrected chi connectivity index (χ3v) is 2.82. The van der Waals surface area contributed by atoms with Crippen LogP contribution in [0.4, 0.5) is 11.4 Å². The summed E-state index contributed by atoms with van der Waals surface area (Å²) in [6, 6.07) is 4.80. The largest absolute Gasteiger partial charge is 0.379 e. The maximum atomic E-state index is 10.6. The lowest BCUT2D eigenvalue weighted by atomic mass is 10.3. The Morgan fingerprint density at radius 2 is 2.35 bits per heavy atom. The topological polar surface area (TPSA) is 83.8 Å². The Balaban J connectivity index is 2.07. The number of nitrogens with zero attached hydrogens (tertiary/aromatic N) is 2. The van der Waals surface area contributed by atoms with Crippen LogP contribution in [0, 0.1) is 10.1 Å². The van der Waals surface area contributed by atoms with Gasteiger partial charge in [-0.05, 0) is 28.1 Å². The van der Waals surface area contributed by atoms with Gasteiger partial charge in [0, 0.05) is 18.0 Å². The lowest BCUT2D eigenvalue weighted by Crippen LogP contribution is -2.00. The lowest BCUT2D eigenvalue weighted by molar-refractivity contribution is -0.385. The van der Waals surface area contributed by atoms with Gasteiger partial charge >= 0.3 is 0 Å². The number of nitro benzene ring substituents is 1. The molecule has 6 nitrogen and oxygen atoms in total. The summed E-state index contributed by atoms with van der Waals surface area (Å²) in [7, 11) is 0. The quantitative estimate of drug-likeness (QED) is 0.671. The van der Waals surface area contributed by atoms with Gasteiger partial charge in [-0.15, -0.1) is 0 Å². The van der Waals surface area contributed by atoms with Crippen LogP contribution in [0.25, 0.3) is 0 Å². The summed E-state index contributed by atoms with van der Waals surface area (Å²) in [6.07, 6.45) is 3.32. The molecule has 0 atom stereocenters. The van der Waals surface area contributed by atoms with Crippen molar-refractivity contribution in [3.8, 4) is 0 Å². The van der Waals surface area contributed by atoms with E-state index >= 15 is 0 Å². The SMILES string of the molecule is O=[N+]([O-])c1ccc(NCc2cnc[nH]2)cc1Br. The molecule has 0 saturated carbocycles. The molecule has 2 aromatic rings. The van der Waals surface area contributed by atoms with Crippen LogP contribution in [0.3, 0.4) is 0 Å². The number of aromatic amines is 1. The van der Waals surface area contributed by atoms with Gasteiger partial charge in [0.25, 0.3) is 5.69 Å². The van der Waals surface area contributed by atoms with Crippen molar-refractivity contribution >= 4 is 27.3 Å². The first-order valence-electron chi connectivity index (χ1n) is 4.82. The average Bonchev–Trinajstić information content (AvgIpc) is 2.78. The van der Waals surface area contributed by atoms with Crippen molar-refractivity contribution in [1.82, 2.24) is 9.97 Å². The number of halogens is 1. The molecule has 88 valence electrons. The molecule has 0 spiro atoms. The molecule has 1 aromatic heterocycles.